The number of hydrogen-bond donors (Lipinski definition) is 0. The van der Waals surface area contributed by atoms with E-state index in [9.17, 15) is 4.79 Å². The van der Waals surface area contributed by atoms with Gasteiger partial charge in [0.05, 0.1) is 36.8 Å². The summed E-state index contributed by atoms with van der Waals surface area (Å²) in [6.45, 7) is 7.11. The highest BCUT2D eigenvalue weighted by Crippen LogP contribution is 2.48. The molecule has 1 aliphatic rings. The fourth-order valence-electron chi connectivity index (χ4n) is 2.38. The molecule has 2 rings (SSSR count). The van der Waals surface area contributed by atoms with E-state index in [0.29, 0.717) is 53.8 Å². The van der Waals surface area contributed by atoms with Crippen LogP contribution in [0.3, 0.4) is 0 Å². The fourth-order valence-corrected chi connectivity index (χ4v) is 2.63. The molecule has 0 atom stereocenters. The lowest BCUT2D eigenvalue weighted by Crippen LogP contribution is -2.09. The van der Waals surface area contributed by atoms with Crippen LogP contribution in [0.1, 0.15) is 42.3 Å². The summed E-state index contributed by atoms with van der Waals surface area (Å²) in [7, 11) is 0. The van der Waals surface area contributed by atoms with Crippen molar-refractivity contribution in [2.75, 3.05) is 19.8 Å². The smallest absolute Gasteiger partial charge is 0.339 e. The number of halogens is 1. The van der Waals surface area contributed by atoms with E-state index in [1.54, 1.807) is 0 Å². The van der Waals surface area contributed by atoms with Gasteiger partial charge in [0.2, 0.25) is 5.75 Å². The fraction of sp³-hybridized carbons (Fsp3) is 0.533. The van der Waals surface area contributed by atoms with Crippen LogP contribution in [-0.4, -0.2) is 25.8 Å². The summed E-state index contributed by atoms with van der Waals surface area (Å²) in [6, 6.07) is 0. The van der Waals surface area contributed by atoms with Crippen molar-refractivity contribution in [3.63, 3.8) is 0 Å². The highest BCUT2D eigenvalue weighted by molar-refractivity contribution is 6.18. The number of esters is 1. The molecule has 0 bridgehead atoms. The van der Waals surface area contributed by atoms with E-state index in [0.717, 1.165) is 0 Å². The molecule has 0 saturated carbocycles. The maximum absolute atomic E-state index is 12.0. The Morgan fingerprint density at radius 2 is 1.57 bits per heavy atom. The first-order valence-electron chi connectivity index (χ1n) is 7.02. The molecule has 0 unspecified atom stereocenters. The third kappa shape index (κ3) is 2.75. The highest BCUT2D eigenvalue weighted by atomic mass is 35.5. The monoisotopic (exact) mass is 314 g/mol. The molecule has 5 nitrogen and oxygen atoms in total. The Bertz CT molecular complexity index is 542. The Hall–Kier alpha value is -1.62. The first-order chi connectivity index (χ1) is 10.2. The van der Waals surface area contributed by atoms with Crippen molar-refractivity contribution in [2.24, 2.45) is 0 Å². The van der Waals surface area contributed by atoms with Crippen LogP contribution in [0.5, 0.6) is 17.2 Å². The standard InChI is InChI=1S/C15H19ClO5/c1-4-18-12-9(7-16)11-10(8-21-15(11)17)13(19-5-2)14(12)20-6-3/h4-8H2,1-3H3. The van der Waals surface area contributed by atoms with Gasteiger partial charge in [0, 0.05) is 5.56 Å². The highest BCUT2D eigenvalue weighted by Gasteiger charge is 2.35. The molecule has 0 aliphatic carbocycles. The van der Waals surface area contributed by atoms with Crippen LogP contribution in [0.2, 0.25) is 0 Å². The topological polar surface area (TPSA) is 54.0 Å². The third-order valence-corrected chi connectivity index (χ3v) is 3.38. The Morgan fingerprint density at radius 3 is 2.14 bits per heavy atom. The molecule has 6 heteroatoms. The van der Waals surface area contributed by atoms with E-state index in [1.165, 1.54) is 0 Å². The number of carbonyl (C=O) groups excluding carboxylic acids is 1. The second-order valence-electron chi connectivity index (χ2n) is 4.33. The summed E-state index contributed by atoms with van der Waals surface area (Å²) in [5.41, 5.74) is 1.73. The molecule has 116 valence electrons. The summed E-state index contributed by atoms with van der Waals surface area (Å²) < 4.78 is 22.2. The molecule has 1 aromatic rings. The van der Waals surface area contributed by atoms with Crippen molar-refractivity contribution >= 4 is 17.6 Å². The van der Waals surface area contributed by atoms with E-state index in [-0.39, 0.29) is 12.5 Å². The van der Waals surface area contributed by atoms with Crippen LogP contribution < -0.4 is 14.2 Å². The molecule has 0 spiro atoms. The van der Waals surface area contributed by atoms with Crippen LogP contribution in [0.4, 0.5) is 0 Å². The molecule has 1 aliphatic heterocycles. The molecular weight excluding hydrogens is 296 g/mol. The number of cyclic esters (lactones) is 1. The van der Waals surface area contributed by atoms with Gasteiger partial charge >= 0.3 is 5.97 Å². The first-order valence-corrected chi connectivity index (χ1v) is 7.56. The predicted molar refractivity (Wildman–Crippen MR) is 78.6 cm³/mol. The van der Waals surface area contributed by atoms with Gasteiger partial charge in [-0.25, -0.2) is 4.79 Å². The minimum absolute atomic E-state index is 0.138. The number of ether oxygens (including phenoxy) is 4. The normalized spacial score (nSPS) is 12.9. The largest absolute Gasteiger partial charge is 0.489 e. The third-order valence-electron chi connectivity index (χ3n) is 3.12. The van der Waals surface area contributed by atoms with Gasteiger partial charge in [-0.05, 0) is 20.8 Å². The second kappa shape index (κ2) is 6.89. The van der Waals surface area contributed by atoms with Crippen molar-refractivity contribution in [3.8, 4) is 17.2 Å². The zero-order valence-electron chi connectivity index (χ0n) is 12.5. The van der Waals surface area contributed by atoms with Gasteiger partial charge in [0.1, 0.15) is 6.61 Å². The number of fused-ring (bicyclic) bond motifs is 1. The summed E-state index contributed by atoms with van der Waals surface area (Å²) in [6.07, 6.45) is 0. The van der Waals surface area contributed by atoms with Gasteiger partial charge in [-0.15, -0.1) is 11.6 Å². The number of rotatable bonds is 7. The number of hydrogen-bond acceptors (Lipinski definition) is 5. The molecule has 0 fully saturated rings. The van der Waals surface area contributed by atoms with Gasteiger partial charge in [-0.3, -0.25) is 0 Å². The molecule has 0 saturated heterocycles. The van der Waals surface area contributed by atoms with Gasteiger partial charge in [-0.2, -0.15) is 0 Å². The molecule has 0 N–H and O–H groups in total. The maximum atomic E-state index is 12.0. The zero-order valence-corrected chi connectivity index (χ0v) is 13.2. The number of benzene rings is 1. The lowest BCUT2D eigenvalue weighted by molar-refractivity contribution is 0.0533. The van der Waals surface area contributed by atoms with Crippen molar-refractivity contribution in [1.29, 1.82) is 0 Å². The minimum Gasteiger partial charge on any atom is -0.489 e. The second-order valence-corrected chi connectivity index (χ2v) is 4.60. The molecule has 0 aromatic heterocycles. The summed E-state index contributed by atoms with van der Waals surface area (Å²) in [5.74, 6) is 1.21. The molecule has 0 amide bonds. The molecule has 1 aromatic carbocycles. The summed E-state index contributed by atoms with van der Waals surface area (Å²) >= 11 is 6.03. The lowest BCUT2D eigenvalue weighted by Gasteiger charge is -2.20. The zero-order chi connectivity index (χ0) is 15.4. The van der Waals surface area contributed by atoms with E-state index >= 15 is 0 Å². The Morgan fingerprint density at radius 1 is 1.00 bits per heavy atom. The average Bonchev–Trinajstić information content (AvgIpc) is 2.85. The first kappa shape index (κ1) is 15.8. The van der Waals surface area contributed by atoms with Gasteiger partial charge < -0.3 is 18.9 Å². The van der Waals surface area contributed by atoms with Crippen LogP contribution in [0.25, 0.3) is 0 Å². The maximum Gasteiger partial charge on any atom is 0.339 e. The Balaban J connectivity index is 2.74. The van der Waals surface area contributed by atoms with Crippen molar-refractivity contribution in [2.45, 2.75) is 33.3 Å². The summed E-state index contributed by atoms with van der Waals surface area (Å²) in [4.78, 5) is 12.0. The quantitative estimate of drug-likeness (QED) is 0.571. The number of carbonyl (C=O) groups is 1. The average molecular weight is 315 g/mol. The Labute approximate surface area is 129 Å². The van der Waals surface area contributed by atoms with Gasteiger partial charge in [0.25, 0.3) is 0 Å². The summed E-state index contributed by atoms with van der Waals surface area (Å²) in [5, 5.41) is 0. The minimum atomic E-state index is -0.398. The lowest BCUT2D eigenvalue weighted by atomic mass is 10.0. The molecular formula is C15H19ClO5. The van der Waals surface area contributed by atoms with Crippen LogP contribution in [0.15, 0.2) is 0 Å². The van der Waals surface area contributed by atoms with Crippen molar-refractivity contribution in [3.05, 3.63) is 16.7 Å². The Kier molecular flexibility index (Phi) is 5.17. The van der Waals surface area contributed by atoms with E-state index in [2.05, 4.69) is 0 Å². The van der Waals surface area contributed by atoms with Gasteiger partial charge in [0.15, 0.2) is 11.5 Å². The van der Waals surface area contributed by atoms with Crippen LogP contribution >= 0.6 is 11.6 Å². The van der Waals surface area contributed by atoms with E-state index in [1.807, 2.05) is 20.8 Å². The van der Waals surface area contributed by atoms with Crippen LogP contribution in [-0.2, 0) is 17.2 Å². The molecule has 21 heavy (non-hydrogen) atoms. The molecule has 1 heterocycles. The molecule has 0 radical (unpaired) electrons. The van der Waals surface area contributed by atoms with Crippen LogP contribution in [0, 0.1) is 0 Å². The van der Waals surface area contributed by atoms with Crippen molar-refractivity contribution in [1.82, 2.24) is 0 Å². The predicted octanol–water partition coefficient (Wildman–Crippen LogP) is 3.29. The number of alkyl halides is 1. The van der Waals surface area contributed by atoms with E-state index in [4.69, 9.17) is 30.5 Å². The van der Waals surface area contributed by atoms with Crippen molar-refractivity contribution < 1.29 is 23.7 Å². The SMILES string of the molecule is CCOc1c(CCl)c2c(c(OCC)c1OCC)COC2=O. The van der Waals surface area contributed by atoms with Gasteiger partial charge in [-0.1, -0.05) is 0 Å². The van der Waals surface area contributed by atoms with E-state index < -0.39 is 5.97 Å².